The highest BCUT2D eigenvalue weighted by molar-refractivity contribution is 7.22. The standard InChI is InChI=1S/C21H20F4N4OS/c22-16-5-2-6-17-18(16)27-20(31-17)29-11-9-28(10-12-29)8-7-26-19(30)14-3-1-4-15(13-14)21(23,24)25/h1-6,13H,7-12H2,(H,26,30). The number of alkyl halides is 3. The number of rotatable bonds is 5. The molecular formula is C21H20F4N4OS. The topological polar surface area (TPSA) is 48.5 Å². The minimum atomic E-state index is -4.48. The summed E-state index contributed by atoms with van der Waals surface area (Å²) < 4.78 is 53.1. The Bertz CT molecular complexity index is 1080. The molecule has 5 nitrogen and oxygen atoms in total. The number of hydrogen-bond acceptors (Lipinski definition) is 5. The number of thiazole rings is 1. The molecule has 0 atom stereocenters. The summed E-state index contributed by atoms with van der Waals surface area (Å²) >= 11 is 1.46. The van der Waals surface area contributed by atoms with Gasteiger partial charge in [-0.25, -0.2) is 9.37 Å². The second-order valence-corrected chi connectivity index (χ2v) is 8.26. The molecule has 1 fully saturated rings. The van der Waals surface area contributed by atoms with Crippen LogP contribution >= 0.6 is 11.3 Å². The van der Waals surface area contributed by atoms with Crippen molar-refractivity contribution in [3.05, 3.63) is 59.4 Å². The number of amides is 1. The van der Waals surface area contributed by atoms with E-state index in [-0.39, 0.29) is 11.4 Å². The van der Waals surface area contributed by atoms with Crippen molar-refractivity contribution < 1.29 is 22.4 Å². The smallest absolute Gasteiger partial charge is 0.351 e. The number of aromatic nitrogens is 1. The van der Waals surface area contributed by atoms with Crippen LogP contribution in [0.3, 0.4) is 0 Å². The predicted octanol–water partition coefficient (Wildman–Crippen LogP) is 4.01. The van der Waals surface area contributed by atoms with Crippen LogP contribution in [0.1, 0.15) is 15.9 Å². The molecule has 0 unspecified atom stereocenters. The van der Waals surface area contributed by atoms with E-state index in [9.17, 15) is 22.4 Å². The molecular weight excluding hydrogens is 432 g/mol. The van der Waals surface area contributed by atoms with Crippen LogP contribution < -0.4 is 10.2 Å². The van der Waals surface area contributed by atoms with Gasteiger partial charge in [-0.3, -0.25) is 9.69 Å². The van der Waals surface area contributed by atoms with E-state index < -0.39 is 17.6 Å². The molecule has 164 valence electrons. The van der Waals surface area contributed by atoms with Gasteiger partial charge in [0.15, 0.2) is 5.13 Å². The van der Waals surface area contributed by atoms with E-state index >= 15 is 0 Å². The lowest BCUT2D eigenvalue weighted by molar-refractivity contribution is -0.137. The lowest BCUT2D eigenvalue weighted by Gasteiger charge is -2.34. The summed E-state index contributed by atoms with van der Waals surface area (Å²) in [5.41, 5.74) is -0.462. The first kappa shape index (κ1) is 21.5. The van der Waals surface area contributed by atoms with Crippen molar-refractivity contribution in [3.8, 4) is 0 Å². The Kier molecular flexibility index (Phi) is 6.10. The van der Waals surface area contributed by atoms with E-state index in [4.69, 9.17) is 0 Å². The van der Waals surface area contributed by atoms with Gasteiger partial charge in [0.25, 0.3) is 5.91 Å². The summed E-state index contributed by atoms with van der Waals surface area (Å²) in [4.78, 5) is 20.9. The highest BCUT2D eigenvalue weighted by atomic mass is 32.1. The number of carbonyl (C=O) groups excluding carboxylic acids is 1. The van der Waals surface area contributed by atoms with Crippen molar-refractivity contribution >= 4 is 32.6 Å². The molecule has 1 aliphatic rings. The number of halogens is 4. The molecule has 1 amide bonds. The van der Waals surface area contributed by atoms with E-state index in [2.05, 4.69) is 20.1 Å². The number of para-hydroxylation sites is 1. The molecule has 0 bridgehead atoms. The molecule has 31 heavy (non-hydrogen) atoms. The quantitative estimate of drug-likeness (QED) is 0.595. The summed E-state index contributed by atoms with van der Waals surface area (Å²) in [5.74, 6) is -0.851. The number of anilines is 1. The van der Waals surface area contributed by atoms with Gasteiger partial charge < -0.3 is 10.2 Å². The number of piperazine rings is 1. The lowest BCUT2D eigenvalue weighted by Crippen LogP contribution is -2.48. The molecule has 1 aromatic heterocycles. The average molecular weight is 452 g/mol. The summed E-state index contributed by atoms with van der Waals surface area (Å²) in [6.45, 7) is 3.87. The molecule has 2 heterocycles. The van der Waals surface area contributed by atoms with E-state index in [0.717, 1.165) is 48.1 Å². The maximum absolute atomic E-state index is 13.9. The first-order valence-electron chi connectivity index (χ1n) is 9.79. The number of nitrogens with one attached hydrogen (secondary N) is 1. The number of nitrogens with zero attached hydrogens (tertiary/aromatic N) is 3. The van der Waals surface area contributed by atoms with Gasteiger partial charge in [0.05, 0.1) is 10.3 Å². The van der Waals surface area contributed by atoms with Crippen molar-refractivity contribution in [2.75, 3.05) is 44.2 Å². The normalized spacial score (nSPS) is 15.4. The molecule has 2 aromatic carbocycles. The summed E-state index contributed by atoms with van der Waals surface area (Å²) in [5, 5.41) is 3.47. The highest BCUT2D eigenvalue weighted by Gasteiger charge is 2.31. The van der Waals surface area contributed by atoms with Crippen LogP contribution in [-0.4, -0.2) is 55.1 Å². The highest BCUT2D eigenvalue weighted by Crippen LogP contribution is 2.31. The van der Waals surface area contributed by atoms with Gasteiger partial charge in [-0.15, -0.1) is 0 Å². The van der Waals surface area contributed by atoms with Gasteiger partial charge in [0.2, 0.25) is 0 Å². The first-order valence-corrected chi connectivity index (χ1v) is 10.6. The molecule has 1 N–H and O–H groups in total. The fourth-order valence-corrected chi connectivity index (χ4v) is 4.50. The molecule has 10 heteroatoms. The summed E-state index contributed by atoms with van der Waals surface area (Å²) in [6, 6.07) is 9.31. The minimum Gasteiger partial charge on any atom is -0.351 e. The van der Waals surface area contributed by atoms with Crippen molar-refractivity contribution in [2.45, 2.75) is 6.18 Å². The maximum atomic E-state index is 13.9. The molecule has 1 aliphatic heterocycles. The van der Waals surface area contributed by atoms with Crippen LogP contribution in [0.2, 0.25) is 0 Å². The fourth-order valence-electron chi connectivity index (χ4n) is 3.47. The molecule has 3 aromatic rings. The third-order valence-corrected chi connectivity index (χ3v) is 6.25. The largest absolute Gasteiger partial charge is 0.416 e. The van der Waals surface area contributed by atoms with Crippen LogP contribution in [0.15, 0.2) is 42.5 Å². The second kappa shape index (κ2) is 8.80. The molecule has 1 saturated heterocycles. The Morgan fingerprint density at radius 3 is 2.55 bits per heavy atom. The lowest BCUT2D eigenvalue weighted by atomic mass is 10.1. The van der Waals surface area contributed by atoms with Crippen LogP contribution in [0, 0.1) is 5.82 Å². The third kappa shape index (κ3) is 4.96. The van der Waals surface area contributed by atoms with Crippen molar-refractivity contribution in [2.24, 2.45) is 0 Å². The maximum Gasteiger partial charge on any atom is 0.416 e. The van der Waals surface area contributed by atoms with Crippen molar-refractivity contribution in [3.63, 3.8) is 0 Å². The van der Waals surface area contributed by atoms with Crippen LogP contribution in [0.25, 0.3) is 10.2 Å². The van der Waals surface area contributed by atoms with Crippen LogP contribution in [-0.2, 0) is 6.18 Å². The Morgan fingerprint density at radius 2 is 1.84 bits per heavy atom. The van der Waals surface area contributed by atoms with Gasteiger partial charge in [0, 0.05) is 44.8 Å². The Morgan fingerprint density at radius 1 is 1.10 bits per heavy atom. The van der Waals surface area contributed by atoms with E-state index in [1.54, 1.807) is 6.07 Å². The summed E-state index contributed by atoms with van der Waals surface area (Å²) in [6.07, 6.45) is -4.48. The van der Waals surface area contributed by atoms with E-state index in [1.807, 2.05) is 6.07 Å². The zero-order valence-electron chi connectivity index (χ0n) is 16.5. The van der Waals surface area contributed by atoms with Gasteiger partial charge in [-0.05, 0) is 30.3 Å². The average Bonchev–Trinajstić information content (AvgIpc) is 3.19. The number of fused-ring (bicyclic) bond motifs is 1. The van der Waals surface area contributed by atoms with Gasteiger partial charge in [0.1, 0.15) is 11.3 Å². The molecule has 0 saturated carbocycles. The van der Waals surface area contributed by atoms with Crippen LogP contribution in [0.4, 0.5) is 22.7 Å². The molecule has 0 spiro atoms. The minimum absolute atomic E-state index is 0.0114. The summed E-state index contributed by atoms with van der Waals surface area (Å²) in [7, 11) is 0. The third-order valence-electron chi connectivity index (χ3n) is 5.17. The zero-order valence-corrected chi connectivity index (χ0v) is 17.3. The fraction of sp³-hybridized carbons (Fsp3) is 0.333. The second-order valence-electron chi connectivity index (χ2n) is 7.25. The molecule has 0 radical (unpaired) electrons. The first-order chi connectivity index (χ1) is 14.8. The van der Waals surface area contributed by atoms with Gasteiger partial charge >= 0.3 is 6.18 Å². The number of hydrogen-bond donors (Lipinski definition) is 1. The van der Waals surface area contributed by atoms with Gasteiger partial charge in [-0.2, -0.15) is 13.2 Å². The SMILES string of the molecule is O=C(NCCN1CCN(c2nc3c(F)cccc3s2)CC1)c1cccc(C(F)(F)F)c1. The Hall–Kier alpha value is -2.72. The van der Waals surface area contributed by atoms with E-state index in [0.29, 0.717) is 18.6 Å². The number of carbonyl (C=O) groups is 1. The molecule has 0 aliphatic carbocycles. The van der Waals surface area contributed by atoms with E-state index in [1.165, 1.54) is 29.5 Å². The zero-order chi connectivity index (χ0) is 22.0. The number of benzene rings is 2. The predicted molar refractivity (Wildman–Crippen MR) is 112 cm³/mol. The van der Waals surface area contributed by atoms with Crippen LogP contribution in [0.5, 0.6) is 0 Å². The van der Waals surface area contributed by atoms with Gasteiger partial charge in [-0.1, -0.05) is 23.5 Å². The van der Waals surface area contributed by atoms with Crippen molar-refractivity contribution in [1.29, 1.82) is 0 Å². The van der Waals surface area contributed by atoms with Crippen molar-refractivity contribution in [1.82, 2.24) is 15.2 Å². The Balaban J connectivity index is 1.26. The molecule has 4 rings (SSSR count). The Labute approximate surface area is 180 Å². The monoisotopic (exact) mass is 452 g/mol.